The fraction of sp³-hybridized carbons (Fsp3) is 0.118. The Balaban J connectivity index is 1.49. The number of carbonyl (C=O) groups is 2. The van der Waals surface area contributed by atoms with E-state index < -0.39 is 11.8 Å². The van der Waals surface area contributed by atoms with Gasteiger partial charge in [0.05, 0.1) is 17.8 Å². The molecule has 0 spiro atoms. The molecule has 2 aromatic carbocycles. The maximum atomic E-state index is 12.1. The fourth-order valence-electron chi connectivity index (χ4n) is 2.12. The SMILES string of the molecule is O=C(CNC(=O)c1ccc2c(c1)OCO2)N/N=C/c1ccc(Cl)cc1Cl. The van der Waals surface area contributed by atoms with Crippen LogP contribution >= 0.6 is 23.2 Å². The van der Waals surface area contributed by atoms with Gasteiger partial charge in [0.2, 0.25) is 6.79 Å². The molecule has 9 heteroatoms. The lowest BCUT2D eigenvalue weighted by atomic mass is 10.2. The summed E-state index contributed by atoms with van der Waals surface area (Å²) in [5, 5.41) is 7.19. The number of nitrogens with one attached hydrogen (secondary N) is 2. The largest absolute Gasteiger partial charge is 0.454 e. The van der Waals surface area contributed by atoms with Gasteiger partial charge in [-0.05, 0) is 30.3 Å². The molecule has 0 bridgehead atoms. The van der Waals surface area contributed by atoms with Crippen LogP contribution in [0.25, 0.3) is 0 Å². The summed E-state index contributed by atoms with van der Waals surface area (Å²) in [7, 11) is 0. The molecule has 3 rings (SSSR count). The van der Waals surface area contributed by atoms with E-state index in [0.717, 1.165) is 0 Å². The van der Waals surface area contributed by atoms with E-state index in [1.54, 1.807) is 36.4 Å². The molecule has 7 nitrogen and oxygen atoms in total. The summed E-state index contributed by atoms with van der Waals surface area (Å²) >= 11 is 11.8. The molecule has 0 atom stereocenters. The summed E-state index contributed by atoms with van der Waals surface area (Å²) in [6, 6.07) is 9.66. The van der Waals surface area contributed by atoms with Crippen molar-refractivity contribution in [2.45, 2.75) is 0 Å². The smallest absolute Gasteiger partial charge is 0.259 e. The van der Waals surface area contributed by atoms with Crippen LogP contribution in [-0.4, -0.2) is 31.4 Å². The Hall–Kier alpha value is -2.77. The first kappa shape index (κ1) is 18.0. The maximum absolute atomic E-state index is 12.1. The van der Waals surface area contributed by atoms with Crippen molar-refractivity contribution in [3.8, 4) is 11.5 Å². The van der Waals surface area contributed by atoms with Crippen molar-refractivity contribution in [2.75, 3.05) is 13.3 Å². The third kappa shape index (κ3) is 4.44. The second kappa shape index (κ2) is 8.07. The summed E-state index contributed by atoms with van der Waals surface area (Å²) in [5.41, 5.74) is 3.26. The highest BCUT2D eigenvalue weighted by molar-refractivity contribution is 6.36. The van der Waals surface area contributed by atoms with Gasteiger partial charge in [0.1, 0.15) is 0 Å². The molecule has 1 aliphatic rings. The first-order chi connectivity index (χ1) is 12.5. The van der Waals surface area contributed by atoms with Crippen LogP contribution in [0.2, 0.25) is 10.0 Å². The lowest BCUT2D eigenvalue weighted by molar-refractivity contribution is -0.120. The molecule has 1 heterocycles. The van der Waals surface area contributed by atoms with Crippen molar-refractivity contribution in [3.63, 3.8) is 0 Å². The van der Waals surface area contributed by atoms with E-state index in [2.05, 4.69) is 15.8 Å². The van der Waals surface area contributed by atoms with Gasteiger partial charge in [-0.3, -0.25) is 9.59 Å². The Morgan fingerprint density at radius 1 is 1.12 bits per heavy atom. The number of nitrogens with zero attached hydrogens (tertiary/aromatic N) is 1. The number of amides is 2. The lowest BCUT2D eigenvalue weighted by Crippen LogP contribution is -2.34. The molecule has 134 valence electrons. The van der Waals surface area contributed by atoms with Gasteiger partial charge >= 0.3 is 0 Å². The minimum atomic E-state index is -0.486. The zero-order valence-electron chi connectivity index (χ0n) is 13.3. The topological polar surface area (TPSA) is 89.0 Å². The van der Waals surface area contributed by atoms with Crippen molar-refractivity contribution in [1.29, 1.82) is 0 Å². The van der Waals surface area contributed by atoms with E-state index in [-0.39, 0.29) is 13.3 Å². The summed E-state index contributed by atoms with van der Waals surface area (Å²) < 4.78 is 10.4. The average Bonchev–Trinajstić information content (AvgIpc) is 3.09. The number of carbonyl (C=O) groups excluding carboxylic acids is 2. The van der Waals surface area contributed by atoms with Crippen LogP contribution in [0.15, 0.2) is 41.5 Å². The summed E-state index contributed by atoms with van der Waals surface area (Å²) in [4.78, 5) is 23.8. The summed E-state index contributed by atoms with van der Waals surface area (Å²) in [6.07, 6.45) is 1.39. The molecule has 0 aromatic heterocycles. The highest BCUT2D eigenvalue weighted by Gasteiger charge is 2.16. The van der Waals surface area contributed by atoms with Crippen molar-refractivity contribution in [2.24, 2.45) is 5.10 Å². The molecule has 0 radical (unpaired) electrons. The number of rotatable bonds is 5. The van der Waals surface area contributed by atoms with Crippen molar-refractivity contribution in [3.05, 3.63) is 57.6 Å². The van der Waals surface area contributed by atoms with Crippen molar-refractivity contribution >= 4 is 41.2 Å². The Morgan fingerprint density at radius 2 is 1.92 bits per heavy atom. The molecule has 0 aliphatic carbocycles. The van der Waals surface area contributed by atoms with Crippen LogP contribution in [0.4, 0.5) is 0 Å². The maximum Gasteiger partial charge on any atom is 0.259 e. The third-order valence-electron chi connectivity index (χ3n) is 3.40. The fourth-order valence-corrected chi connectivity index (χ4v) is 2.58. The van der Waals surface area contributed by atoms with Crippen molar-refractivity contribution in [1.82, 2.24) is 10.7 Å². The van der Waals surface area contributed by atoms with E-state index >= 15 is 0 Å². The minimum Gasteiger partial charge on any atom is -0.454 e. The van der Waals surface area contributed by atoms with Crippen LogP contribution in [0.5, 0.6) is 11.5 Å². The van der Waals surface area contributed by atoms with Gasteiger partial charge in [-0.15, -0.1) is 0 Å². The van der Waals surface area contributed by atoms with E-state index in [4.69, 9.17) is 32.7 Å². The molecular formula is C17H13Cl2N3O4. The highest BCUT2D eigenvalue weighted by atomic mass is 35.5. The Bertz CT molecular complexity index is 886. The van der Waals surface area contributed by atoms with Crippen molar-refractivity contribution < 1.29 is 19.1 Å². The third-order valence-corrected chi connectivity index (χ3v) is 3.96. The average molecular weight is 394 g/mol. The summed E-state index contributed by atoms with van der Waals surface area (Å²) in [5.74, 6) is 0.171. The second-order valence-corrected chi connectivity index (χ2v) is 6.05. The monoisotopic (exact) mass is 393 g/mol. The van der Waals surface area contributed by atoms with Crippen LogP contribution in [0, 0.1) is 0 Å². The lowest BCUT2D eigenvalue weighted by Gasteiger charge is -2.05. The minimum absolute atomic E-state index is 0.123. The predicted molar refractivity (Wildman–Crippen MR) is 97.1 cm³/mol. The molecule has 26 heavy (non-hydrogen) atoms. The molecule has 2 aromatic rings. The molecule has 1 aliphatic heterocycles. The van der Waals surface area contributed by atoms with Gasteiger partial charge in [0.15, 0.2) is 11.5 Å². The predicted octanol–water partition coefficient (Wildman–Crippen LogP) is 2.60. The van der Waals surface area contributed by atoms with Gasteiger partial charge in [0, 0.05) is 16.1 Å². The van der Waals surface area contributed by atoms with Crippen LogP contribution in [0.1, 0.15) is 15.9 Å². The number of benzene rings is 2. The van der Waals surface area contributed by atoms with E-state index in [1.807, 2.05) is 0 Å². The van der Waals surface area contributed by atoms with Crippen LogP contribution in [-0.2, 0) is 4.79 Å². The number of ether oxygens (including phenoxy) is 2. The number of hydrazone groups is 1. The molecule has 0 saturated carbocycles. The van der Waals surface area contributed by atoms with E-state index in [9.17, 15) is 9.59 Å². The first-order valence-electron chi connectivity index (χ1n) is 7.48. The normalized spacial score (nSPS) is 12.2. The van der Waals surface area contributed by atoms with Gasteiger partial charge < -0.3 is 14.8 Å². The number of hydrogen-bond donors (Lipinski definition) is 2. The second-order valence-electron chi connectivity index (χ2n) is 5.21. The summed E-state index contributed by atoms with van der Waals surface area (Å²) in [6.45, 7) is -0.114. The molecule has 0 unspecified atom stereocenters. The zero-order valence-corrected chi connectivity index (χ0v) is 14.8. The highest BCUT2D eigenvalue weighted by Crippen LogP contribution is 2.32. The Labute approximate surface area is 158 Å². The van der Waals surface area contributed by atoms with Gasteiger partial charge in [-0.1, -0.05) is 29.3 Å². The van der Waals surface area contributed by atoms with E-state index in [1.165, 1.54) is 6.21 Å². The first-order valence-corrected chi connectivity index (χ1v) is 8.23. The molecular weight excluding hydrogens is 381 g/mol. The Kier molecular flexibility index (Phi) is 5.60. The Morgan fingerprint density at radius 3 is 2.73 bits per heavy atom. The molecule has 0 saturated heterocycles. The van der Waals surface area contributed by atoms with Gasteiger partial charge in [-0.25, -0.2) is 5.43 Å². The number of fused-ring (bicyclic) bond motifs is 1. The number of halogens is 2. The standard InChI is InChI=1S/C17H13Cl2N3O4/c18-12-3-1-11(13(19)6-12)7-21-22-16(23)8-20-17(24)10-2-4-14-15(5-10)26-9-25-14/h1-7H,8-9H2,(H,20,24)(H,22,23)/b21-7+. The van der Waals surface area contributed by atoms with Crippen LogP contribution in [0.3, 0.4) is 0 Å². The molecule has 2 amide bonds. The van der Waals surface area contributed by atoms with E-state index in [0.29, 0.717) is 32.7 Å². The quantitative estimate of drug-likeness (QED) is 0.603. The van der Waals surface area contributed by atoms with Crippen LogP contribution < -0.4 is 20.2 Å². The number of hydrogen-bond acceptors (Lipinski definition) is 5. The zero-order chi connectivity index (χ0) is 18.5. The van der Waals surface area contributed by atoms with Gasteiger partial charge in [0.25, 0.3) is 11.8 Å². The van der Waals surface area contributed by atoms with Gasteiger partial charge in [-0.2, -0.15) is 5.10 Å². The molecule has 0 fully saturated rings. The molecule has 2 N–H and O–H groups in total.